The van der Waals surface area contributed by atoms with Crippen LogP contribution in [0.3, 0.4) is 0 Å². The van der Waals surface area contributed by atoms with Gasteiger partial charge in [-0.1, -0.05) is 23.5 Å². The third-order valence-corrected chi connectivity index (χ3v) is 5.93. The maximum absolute atomic E-state index is 12.9. The van der Waals surface area contributed by atoms with Crippen molar-refractivity contribution >= 4 is 33.6 Å². The van der Waals surface area contributed by atoms with E-state index in [2.05, 4.69) is 10.3 Å². The molecule has 2 aromatic heterocycles. The number of thiazole rings is 1. The summed E-state index contributed by atoms with van der Waals surface area (Å²) in [7, 11) is 3.07. The van der Waals surface area contributed by atoms with Crippen molar-refractivity contribution in [3.63, 3.8) is 0 Å². The molecule has 0 unspecified atom stereocenters. The summed E-state index contributed by atoms with van der Waals surface area (Å²) in [5.74, 6) is 0.822. The van der Waals surface area contributed by atoms with Crippen molar-refractivity contribution in [2.24, 2.45) is 0 Å². The zero-order valence-electron chi connectivity index (χ0n) is 16.9. The van der Waals surface area contributed by atoms with Gasteiger partial charge >= 0.3 is 0 Å². The molecule has 1 amide bonds. The molecule has 2 heterocycles. The van der Waals surface area contributed by atoms with Gasteiger partial charge < -0.3 is 14.8 Å². The lowest BCUT2D eigenvalue weighted by Crippen LogP contribution is -2.12. The first-order chi connectivity index (χ1) is 14.9. The Labute approximate surface area is 181 Å². The molecule has 0 spiro atoms. The normalized spacial score (nSPS) is 10.8. The fourth-order valence-electron chi connectivity index (χ4n) is 3.16. The number of hydrogen-bond acceptors (Lipinski definition) is 7. The van der Waals surface area contributed by atoms with E-state index in [1.807, 2.05) is 6.92 Å². The molecule has 0 radical (unpaired) electrons. The van der Waals surface area contributed by atoms with Crippen LogP contribution < -0.4 is 14.8 Å². The van der Waals surface area contributed by atoms with Crippen LogP contribution in [0.15, 0.2) is 48.7 Å². The molecule has 1 N–H and O–H groups in total. The van der Waals surface area contributed by atoms with Crippen LogP contribution in [0.4, 0.5) is 11.4 Å². The Morgan fingerprint density at radius 1 is 1.19 bits per heavy atom. The quantitative estimate of drug-likeness (QED) is 0.350. The third kappa shape index (κ3) is 3.80. The molecule has 4 rings (SSSR count). The molecule has 0 fully saturated rings. The molecule has 0 bridgehead atoms. The molecule has 9 nitrogen and oxygen atoms in total. The Hall–Kier alpha value is -3.92. The number of carbonyl (C=O) groups is 1. The van der Waals surface area contributed by atoms with Crippen LogP contribution in [-0.4, -0.2) is 34.4 Å². The van der Waals surface area contributed by atoms with E-state index in [-0.39, 0.29) is 11.6 Å². The number of imidazole rings is 1. The summed E-state index contributed by atoms with van der Waals surface area (Å²) >= 11 is 1.24. The summed E-state index contributed by atoms with van der Waals surface area (Å²) in [5, 5.41) is 13.9. The first kappa shape index (κ1) is 20.4. The van der Waals surface area contributed by atoms with Crippen molar-refractivity contribution in [3.8, 4) is 22.8 Å². The predicted octanol–water partition coefficient (Wildman–Crippen LogP) is 4.55. The summed E-state index contributed by atoms with van der Waals surface area (Å²) in [4.78, 5) is 29.2. The smallest absolute Gasteiger partial charge is 0.270 e. The summed E-state index contributed by atoms with van der Waals surface area (Å²) < 4.78 is 12.3. The van der Waals surface area contributed by atoms with E-state index in [0.29, 0.717) is 44.0 Å². The number of nitro groups is 1. The average molecular weight is 438 g/mol. The molecule has 0 saturated carbocycles. The van der Waals surface area contributed by atoms with Crippen molar-refractivity contribution in [1.29, 1.82) is 0 Å². The fourth-order valence-corrected chi connectivity index (χ4v) is 4.16. The van der Waals surface area contributed by atoms with Crippen LogP contribution in [-0.2, 0) is 0 Å². The number of non-ortho nitro benzene ring substituents is 1. The minimum Gasteiger partial charge on any atom is -0.497 e. The SMILES string of the molecule is COc1ccc(NC(=O)c2sc3nc(-c4cccc([N+](=O)[O-])c4)cn3c2C)c(OC)c1. The molecule has 10 heteroatoms. The summed E-state index contributed by atoms with van der Waals surface area (Å²) in [5.41, 5.74) is 2.48. The van der Waals surface area contributed by atoms with E-state index in [9.17, 15) is 14.9 Å². The molecule has 158 valence electrons. The second kappa shape index (κ2) is 8.07. The number of ether oxygens (including phenoxy) is 2. The molecule has 0 atom stereocenters. The lowest BCUT2D eigenvalue weighted by molar-refractivity contribution is -0.384. The van der Waals surface area contributed by atoms with Gasteiger partial charge in [-0.2, -0.15) is 0 Å². The monoisotopic (exact) mass is 438 g/mol. The van der Waals surface area contributed by atoms with Gasteiger partial charge in [0.25, 0.3) is 11.6 Å². The minimum absolute atomic E-state index is 0.000850. The second-order valence-electron chi connectivity index (χ2n) is 6.62. The van der Waals surface area contributed by atoms with Crippen molar-refractivity contribution < 1.29 is 19.2 Å². The Kier molecular flexibility index (Phi) is 5.30. The van der Waals surface area contributed by atoms with Crippen LogP contribution in [0, 0.1) is 17.0 Å². The summed E-state index contributed by atoms with van der Waals surface area (Å²) in [6.07, 6.45) is 1.77. The van der Waals surface area contributed by atoms with E-state index in [1.165, 1.54) is 30.6 Å². The lowest BCUT2D eigenvalue weighted by atomic mass is 10.1. The van der Waals surface area contributed by atoms with E-state index in [0.717, 1.165) is 0 Å². The molecule has 0 aliphatic rings. The van der Waals surface area contributed by atoms with Crippen molar-refractivity contribution in [1.82, 2.24) is 9.38 Å². The highest BCUT2D eigenvalue weighted by Gasteiger charge is 2.20. The van der Waals surface area contributed by atoms with Crippen LogP contribution in [0.25, 0.3) is 16.2 Å². The number of rotatable bonds is 6. The number of nitro benzene ring substituents is 1. The van der Waals surface area contributed by atoms with Gasteiger partial charge in [0.15, 0.2) is 4.96 Å². The number of benzene rings is 2. The van der Waals surface area contributed by atoms with E-state index in [4.69, 9.17) is 9.47 Å². The highest BCUT2D eigenvalue weighted by Crippen LogP contribution is 2.32. The maximum Gasteiger partial charge on any atom is 0.270 e. The molecule has 4 aromatic rings. The van der Waals surface area contributed by atoms with Gasteiger partial charge in [-0.25, -0.2) is 4.98 Å². The Bertz CT molecular complexity index is 1310. The number of aromatic nitrogens is 2. The number of carbonyl (C=O) groups excluding carboxylic acids is 1. The number of aryl methyl sites for hydroxylation is 1. The van der Waals surface area contributed by atoms with Gasteiger partial charge in [-0.15, -0.1) is 0 Å². The highest BCUT2D eigenvalue weighted by molar-refractivity contribution is 7.19. The van der Waals surface area contributed by atoms with Gasteiger partial charge in [0.2, 0.25) is 0 Å². The average Bonchev–Trinajstić information content (AvgIpc) is 3.33. The maximum atomic E-state index is 12.9. The highest BCUT2D eigenvalue weighted by atomic mass is 32.1. The topological polar surface area (TPSA) is 108 Å². The molecule has 2 aromatic carbocycles. The van der Waals surface area contributed by atoms with Crippen molar-refractivity contribution in [2.45, 2.75) is 6.92 Å². The molecular formula is C21H18N4O5S. The summed E-state index contributed by atoms with van der Waals surface area (Å²) in [6.45, 7) is 1.82. The number of hydrogen-bond donors (Lipinski definition) is 1. The number of amides is 1. The van der Waals surface area contributed by atoms with Crippen molar-refractivity contribution in [3.05, 3.63) is 69.3 Å². The van der Waals surface area contributed by atoms with Crippen LogP contribution >= 0.6 is 11.3 Å². The van der Waals surface area contributed by atoms with Gasteiger partial charge in [0, 0.05) is 35.7 Å². The molecule has 0 aliphatic carbocycles. The minimum atomic E-state index is -0.441. The second-order valence-corrected chi connectivity index (χ2v) is 7.60. The largest absolute Gasteiger partial charge is 0.497 e. The van der Waals surface area contributed by atoms with E-state index >= 15 is 0 Å². The standard InChI is InChI=1S/C21H18N4O5S/c1-12-19(20(26)22-16-8-7-15(29-2)10-18(16)30-3)31-21-23-17(11-24(12)21)13-5-4-6-14(9-13)25(27)28/h4-11H,1-3H3,(H,22,26). The molecular weight excluding hydrogens is 420 g/mol. The van der Waals surface area contributed by atoms with E-state index < -0.39 is 4.92 Å². The number of anilines is 1. The number of nitrogens with zero attached hydrogens (tertiary/aromatic N) is 3. The van der Waals surface area contributed by atoms with Gasteiger partial charge in [-0.3, -0.25) is 19.3 Å². The Morgan fingerprint density at radius 2 is 2.00 bits per heavy atom. The predicted molar refractivity (Wildman–Crippen MR) is 117 cm³/mol. The lowest BCUT2D eigenvalue weighted by Gasteiger charge is -2.11. The van der Waals surface area contributed by atoms with Gasteiger partial charge in [-0.05, 0) is 19.1 Å². The molecule has 31 heavy (non-hydrogen) atoms. The van der Waals surface area contributed by atoms with Crippen LogP contribution in [0.2, 0.25) is 0 Å². The number of fused-ring (bicyclic) bond motifs is 1. The third-order valence-electron chi connectivity index (χ3n) is 4.77. The zero-order chi connectivity index (χ0) is 22.1. The molecule has 0 aliphatic heterocycles. The zero-order valence-corrected chi connectivity index (χ0v) is 17.7. The molecule has 0 saturated heterocycles. The summed E-state index contributed by atoms with van der Waals surface area (Å²) in [6, 6.07) is 11.4. The van der Waals surface area contributed by atoms with E-state index in [1.54, 1.807) is 48.0 Å². The first-order valence-corrected chi connectivity index (χ1v) is 9.99. The van der Waals surface area contributed by atoms with Gasteiger partial charge in [0.1, 0.15) is 16.4 Å². The Balaban J connectivity index is 1.63. The van der Waals surface area contributed by atoms with Crippen LogP contribution in [0.1, 0.15) is 15.4 Å². The van der Waals surface area contributed by atoms with Crippen molar-refractivity contribution in [2.75, 3.05) is 19.5 Å². The fraction of sp³-hybridized carbons (Fsp3) is 0.143. The van der Waals surface area contributed by atoms with Gasteiger partial charge in [0.05, 0.1) is 30.5 Å². The Morgan fingerprint density at radius 3 is 2.68 bits per heavy atom. The first-order valence-electron chi connectivity index (χ1n) is 9.18. The number of methoxy groups -OCH3 is 2. The number of nitrogens with one attached hydrogen (secondary N) is 1. The van der Waals surface area contributed by atoms with Crippen LogP contribution in [0.5, 0.6) is 11.5 Å².